The van der Waals surface area contributed by atoms with Crippen LogP contribution in [0, 0.1) is 28.6 Å². The minimum atomic E-state index is -0.541. The molecule has 1 heterocycles. The zero-order valence-electron chi connectivity index (χ0n) is 23.6. The van der Waals surface area contributed by atoms with Crippen LogP contribution in [-0.2, 0) is 9.53 Å². The summed E-state index contributed by atoms with van der Waals surface area (Å²) in [6.07, 6.45) is 8.72. The molecule has 0 bridgehead atoms. The van der Waals surface area contributed by atoms with Gasteiger partial charge in [0, 0.05) is 6.92 Å². The van der Waals surface area contributed by atoms with Crippen LogP contribution in [0.3, 0.4) is 0 Å². The first kappa shape index (κ1) is 27.0. The lowest BCUT2D eigenvalue weighted by Crippen LogP contribution is -2.58. The largest absolute Gasteiger partial charge is 0.449 e. The molecule has 0 aromatic carbocycles. The van der Waals surface area contributed by atoms with E-state index in [0.29, 0.717) is 24.4 Å². The van der Waals surface area contributed by atoms with Gasteiger partial charge in [-0.3, -0.25) is 4.79 Å². The highest BCUT2D eigenvalue weighted by atomic mass is 32.2. The fourth-order valence-corrected chi connectivity index (χ4v) is 11.8. The molecular formula is C29H45N3O4S. The maximum atomic E-state index is 13.1. The fraction of sp³-hybridized carbons (Fsp3) is 0.828. The summed E-state index contributed by atoms with van der Waals surface area (Å²) < 4.78 is 4.70. The number of carbonyl (C=O) groups excluding carboxylic acids is 2. The quantitative estimate of drug-likeness (QED) is 0.286. The molecule has 1 aliphatic heterocycles. The van der Waals surface area contributed by atoms with Crippen molar-refractivity contribution in [2.45, 2.75) is 115 Å². The van der Waals surface area contributed by atoms with E-state index in [1.54, 1.807) is 13.8 Å². The molecule has 0 spiro atoms. The number of thioether (sulfide) groups is 1. The summed E-state index contributed by atoms with van der Waals surface area (Å²) in [7, 11) is 0. The van der Waals surface area contributed by atoms with E-state index in [0.717, 1.165) is 50.7 Å². The summed E-state index contributed by atoms with van der Waals surface area (Å²) in [6, 6.07) is 0.0258. The van der Waals surface area contributed by atoms with E-state index in [4.69, 9.17) is 4.74 Å². The molecule has 0 aromatic heterocycles. The van der Waals surface area contributed by atoms with Crippen molar-refractivity contribution < 1.29 is 19.4 Å². The number of fused-ring (bicyclic) bond motifs is 7. The number of amides is 2. The first-order valence-electron chi connectivity index (χ1n) is 14.2. The minimum Gasteiger partial charge on any atom is -0.449 e. The van der Waals surface area contributed by atoms with Gasteiger partial charge in [-0.2, -0.15) is 5.10 Å². The molecule has 3 saturated carbocycles. The number of aliphatic hydroxyl groups is 1. The van der Waals surface area contributed by atoms with Gasteiger partial charge in [-0.1, -0.05) is 25.5 Å². The van der Waals surface area contributed by atoms with E-state index in [2.05, 4.69) is 49.2 Å². The summed E-state index contributed by atoms with van der Waals surface area (Å²) >= 11 is 1.88. The van der Waals surface area contributed by atoms with Gasteiger partial charge in [0.15, 0.2) is 0 Å². The van der Waals surface area contributed by atoms with Crippen LogP contribution >= 0.6 is 11.8 Å². The Morgan fingerprint density at radius 3 is 2.59 bits per heavy atom. The lowest BCUT2D eigenvalue weighted by atomic mass is 9.47. The summed E-state index contributed by atoms with van der Waals surface area (Å²) in [5.41, 5.74) is 5.09. The molecule has 5 rings (SSSR count). The van der Waals surface area contributed by atoms with Crippen molar-refractivity contribution in [3.05, 3.63) is 11.6 Å². The predicted octanol–water partition coefficient (Wildman–Crippen LogP) is 5.48. The maximum Gasteiger partial charge on any atom is 0.427 e. The van der Waals surface area contributed by atoms with Crippen molar-refractivity contribution in [2.24, 2.45) is 33.7 Å². The summed E-state index contributed by atoms with van der Waals surface area (Å²) in [6.45, 7) is 15.0. The van der Waals surface area contributed by atoms with Crippen LogP contribution in [0.1, 0.15) is 93.4 Å². The van der Waals surface area contributed by atoms with Gasteiger partial charge in [0.2, 0.25) is 5.91 Å². The number of aliphatic hydroxyl groups excluding tert-OH is 1. The fourth-order valence-electron chi connectivity index (χ4n) is 9.64. The molecule has 2 amide bonds. The molecule has 206 valence electrons. The molecule has 37 heavy (non-hydrogen) atoms. The Kier molecular flexibility index (Phi) is 6.58. The first-order valence-corrected chi connectivity index (χ1v) is 15.0. The third-order valence-corrected chi connectivity index (χ3v) is 13.1. The summed E-state index contributed by atoms with van der Waals surface area (Å²) in [5.74, 6) is 1.71. The number of nitrogens with zero attached hydrogens (tertiary/aromatic N) is 2. The van der Waals surface area contributed by atoms with Crippen molar-refractivity contribution in [3.63, 3.8) is 0 Å². The van der Waals surface area contributed by atoms with E-state index in [1.807, 2.05) is 18.7 Å². The number of ether oxygens (including phenoxy) is 1. The van der Waals surface area contributed by atoms with Gasteiger partial charge < -0.3 is 14.7 Å². The molecule has 0 radical (unpaired) electrons. The smallest absolute Gasteiger partial charge is 0.427 e. The van der Waals surface area contributed by atoms with Crippen LogP contribution in [0.2, 0.25) is 0 Å². The number of rotatable bonds is 3. The Labute approximate surface area is 226 Å². The van der Waals surface area contributed by atoms with Crippen molar-refractivity contribution >= 4 is 29.5 Å². The lowest BCUT2D eigenvalue weighted by Gasteiger charge is -2.59. The third-order valence-electron chi connectivity index (χ3n) is 11.0. The average Bonchev–Trinajstić information content (AvgIpc) is 3.21. The summed E-state index contributed by atoms with van der Waals surface area (Å²) in [5, 5.41) is 15.0. The molecule has 8 atom stereocenters. The van der Waals surface area contributed by atoms with Crippen LogP contribution in [0.15, 0.2) is 16.8 Å². The van der Waals surface area contributed by atoms with E-state index >= 15 is 0 Å². The van der Waals surface area contributed by atoms with Gasteiger partial charge in [0.25, 0.3) is 0 Å². The number of hydrazone groups is 1. The monoisotopic (exact) mass is 531 g/mol. The van der Waals surface area contributed by atoms with Crippen molar-refractivity contribution in [1.82, 2.24) is 10.3 Å². The maximum absolute atomic E-state index is 13.1. The third kappa shape index (κ3) is 3.75. The Balaban J connectivity index is 1.57. The van der Waals surface area contributed by atoms with Gasteiger partial charge in [0.1, 0.15) is 0 Å². The molecule has 5 aliphatic rings. The number of hydrogen-bond donors (Lipinski definition) is 2. The molecule has 2 N–H and O–H groups in total. The van der Waals surface area contributed by atoms with Crippen molar-refractivity contribution in [3.8, 4) is 0 Å². The van der Waals surface area contributed by atoms with E-state index < -0.39 is 6.09 Å². The standard InChI is InChI=1S/C29H45N3O4S/c1-8-36-25(35)31-30-17(2)29-24(32(18(3)33)26(4,5)37-29)16-23-21-10-9-19-15-20(34)11-13-27(19,6)22(21)12-14-28(23,29)7/h9,20-24,34H,8,10-16H2,1-7H3,(H,31,35)/b30-17+. The van der Waals surface area contributed by atoms with Crippen LogP contribution in [0.4, 0.5) is 4.79 Å². The highest BCUT2D eigenvalue weighted by molar-refractivity contribution is 8.03. The number of carbonyl (C=O) groups is 2. The second kappa shape index (κ2) is 9.00. The van der Waals surface area contributed by atoms with Gasteiger partial charge in [0.05, 0.1) is 34.1 Å². The molecule has 1 saturated heterocycles. The normalized spacial score (nSPS) is 44.2. The van der Waals surface area contributed by atoms with Gasteiger partial charge in [-0.15, -0.1) is 11.8 Å². The Hall–Kier alpha value is -1.54. The van der Waals surface area contributed by atoms with Crippen LogP contribution in [0.25, 0.3) is 0 Å². The SMILES string of the molecule is CCOC(=O)N/N=C(\C)C12SC(C)(C)N(C(C)=O)C1CC1C3CC=C4CC(O)CCC4(C)C3CCC12C. The first-order chi connectivity index (χ1) is 17.3. The molecular weight excluding hydrogens is 486 g/mol. The number of nitrogens with one attached hydrogen (secondary N) is 1. The molecule has 0 aromatic rings. The minimum absolute atomic E-state index is 0.0258. The van der Waals surface area contributed by atoms with Crippen LogP contribution < -0.4 is 5.43 Å². The van der Waals surface area contributed by atoms with Gasteiger partial charge in [-0.05, 0) is 101 Å². The topological polar surface area (TPSA) is 91.2 Å². The molecule has 4 aliphatic carbocycles. The molecule has 8 unspecified atom stereocenters. The zero-order chi connectivity index (χ0) is 27.0. The van der Waals surface area contributed by atoms with E-state index in [9.17, 15) is 14.7 Å². The van der Waals surface area contributed by atoms with Gasteiger partial charge >= 0.3 is 6.09 Å². The van der Waals surface area contributed by atoms with Crippen molar-refractivity contribution in [2.75, 3.05) is 6.61 Å². The molecule has 7 nitrogen and oxygen atoms in total. The van der Waals surface area contributed by atoms with E-state index in [-0.39, 0.29) is 38.5 Å². The second-order valence-electron chi connectivity index (χ2n) is 13.1. The molecule has 4 fully saturated rings. The Morgan fingerprint density at radius 1 is 1.19 bits per heavy atom. The zero-order valence-corrected chi connectivity index (χ0v) is 24.4. The molecule has 8 heteroatoms. The number of hydrogen-bond acceptors (Lipinski definition) is 6. The summed E-state index contributed by atoms with van der Waals surface area (Å²) in [4.78, 5) is 27.0. The van der Waals surface area contributed by atoms with Crippen LogP contribution in [-0.4, -0.2) is 56.1 Å². The Bertz CT molecular complexity index is 1040. The van der Waals surface area contributed by atoms with E-state index in [1.165, 1.54) is 5.57 Å². The van der Waals surface area contributed by atoms with Crippen molar-refractivity contribution in [1.29, 1.82) is 0 Å². The number of allylic oxidation sites excluding steroid dienone is 1. The Morgan fingerprint density at radius 2 is 1.92 bits per heavy atom. The predicted molar refractivity (Wildman–Crippen MR) is 147 cm³/mol. The lowest BCUT2D eigenvalue weighted by molar-refractivity contribution is -0.133. The second-order valence-corrected chi connectivity index (χ2v) is 14.9. The highest BCUT2D eigenvalue weighted by Gasteiger charge is 2.75. The van der Waals surface area contributed by atoms with Crippen LogP contribution in [0.5, 0.6) is 0 Å². The van der Waals surface area contributed by atoms with Gasteiger partial charge in [-0.25, -0.2) is 10.2 Å². The average molecular weight is 532 g/mol. The highest BCUT2D eigenvalue weighted by Crippen LogP contribution is 2.74.